The average Bonchev–Trinajstić information content (AvgIpc) is 3.29. The lowest BCUT2D eigenvalue weighted by atomic mass is 9.47. The van der Waals surface area contributed by atoms with Crippen LogP contribution in [0.25, 0.3) is 0 Å². The maximum absolute atomic E-state index is 12.1. The highest BCUT2D eigenvalue weighted by Crippen LogP contribution is 2.67. The van der Waals surface area contributed by atoms with Crippen molar-refractivity contribution in [1.82, 2.24) is 5.32 Å². The Kier molecular flexibility index (Phi) is 10.8. The Balaban J connectivity index is 1.20. The van der Waals surface area contributed by atoms with Crippen LogP contribution in [0.1, 0.15) is 131 Å². The first kappa shape index (κ1) is 31.6. The fourth-order valence-corrected chi connectivity index (χ4v) is 9.80. The van der Waals surface area contributed by atoms with Crippen molar-refractivity contribution >= 4 is 11.9 Å². The number of rotatable bonds is 12. The molecule has 3 saturated carbocycles. The van der Waals surface area contributed by atoms with Crippen LogP contribution in [-0.4, -0.2) is 36.2 Å². The summed E-state index contributed by atoms with van der Waals surface area (Å²) in [6, 6.07) is 0. The van der Waals surface area contributed by atoms with E-state index in [0.29, 0.717) is 24.0 Å². The fraction of sp³-hybridized carbons (Fsp3) is 0.886. The number of unbranched alkanes of at least 4 members (excludes halogenated alkanes) is 3. The molecule has 2 N–H and O–H groups in total. The van der Waals surface area contributed by atoms with E-state index < -0.39 is 11.9 Å². The Hall–Kier alpha value is -1.36. The summed E-state index contributed by atoms with van der Waals surface area (Å²) in [6.45, 7) is 12.8. The summed E-state index contributed by atoms with van der Waals surface area (Å²) in [5.74, 6) is 2.93. The number of carbonyl (C=O) groups is 2. The van der Waals surface area contributed by atoms with Gasteiger partial charge in [0.25, 0.3) is 0 Å². The van der Waals surface area contributed by atoms with E-state index >= 15 is 0 Å². The van der Waals surface area contributed by atoms with E-state index in [1.807, 2.05) is 0 Å². The Labute approximate surface area is 244 Å². The minimum absolute atomic E-state index is 0.124. The SMILES string of the molecule is CCCCCCNC(=O)C(=O)OCC(C)CCCC(C)[C@H]1CC[C@H]2[C@@H]3CC=C4C[C@@H](O)CC[C@]4(C)[C@H]3CC[C@]12C. The van der Waals surface area contributed by atoms with Gasteiger partial charge in [-0.15, -0.1) is 0 Å². The molecule has 228 valence electrons. The molecule has 40 heavy (non-hydrogen) atoms. The smallest absolute Gasteiger partial charge is 0.396 e. The highest BCUT2D eigenvalue weighted by atomic mass is 16.5. The molecule has 0 aromatic heterocycles. The first-order chi connectivity index (χ1) is 19.1. The van der Waals surface area contributed by atoms with Crippen LogP contribution in [0, 0.1) is 46.3 Å². The molecule has 4 aliphatic rings. The van der Waals surface area contributed by atoms with E-state index in [4.69, 9.17) is 4.74 Å². The molecular formula is C35H59NO4. The molecule has 0 saturated heterocycles. The Morgan fingerprint density at radius 3 is 2.60 bits per heavy atom. The summed E-state index contributed by atoms with van der Waals surface area (Å²) >= 11 is 0. The lowest BCUT2D eigenvalue weighted by Gasteiger charge is -2.58. The van der Waals surface area contributed by atoms with Gasteiger partial charge in [-0.1, -0.05) is 78.4 Å². The summed E-state index contributed by atoms with van der Waals surface area (Å²) in [4.78, 5) is 24.0. The topological polar surface area (TPSA) is 75.6 Å². The predicted octanol–water partition coefficient (Wildman–Crippen LogP) is 7.61. The second kappa shape index (κ2) is 13.7. The molecule has 9 atom stereocenters. The van der Waals surface area contributed by atoms with Gasteiger partial charge in [-0.2, -0.15) is 0 Å². The minimum Gasteiger partial charge on any atom is -0.458 e. The zero-order valence-corrected chi connectivity index (χ0v) is 26.3. The van der Waals surface area contributed by atoms with Crippen LogP contribution in [0.15, 0.2) is 11.6 Å². The standard InChI is InChI=1S/C35H59NO4/c1-6-7-8-9-21-36-32(38)33(39)40-23-24(2)11-10-12-25(3)29-15-16-30-28-14-13-26-22-27(37)17-19-34(26,4)31(28)18-20-35(29,30)5/h13,24-25,27-31,37H,6-12,14-23H2,1-5H3,(H,36,38)/t24?,25?,27-,28-,29+,30-,31-,34-,35+/m0/s1. The van der Waals surface area contributed by atoms with Crippen LogP contribution in [0.2, 0.25) is 0 Å². The predicted molar refractivity (Wildman–Crippen MR) is 161 cm³/mol. The van der Waals surface area contributed by atoms with Gasteiger partial charge in [-0.3, -0.25) is 4.79 Å². The van der Waals surface area contributed by atoms with E-state index in [1.165, 1.54) is 44.9 Å². The fourth-order valence-electron chi connectivity index (χ4n) is 9.80. The van der Waals surface area contributed by atoms with Gasteiger partial charge in [-0.25, -0.2) is 4.79 Å². The minimum atomic E-state index is -0.737. The van der Waals surface area contributed by atoms with Crippen molar-refractivity contribution in [3.05, 3.63) is 11.6 Å². The Morgan fingerprint density at radius 1 is 1.02 bits per heavy atom. The van der Waals surface area contributed by atoms with Crippen molar-refractivity contribution in [2.24, 2.45) is 46.3 Å². The van der Waals surface area contributed by atoms with E-state index in [2.05, 4.69) is 46.0 Å². The second-order valence-electron chi connectivity index (χ2n) is 14.8. The van der Waals surface area contributed by atoms with Gasteiger partial charge in [0, 0.05) is 6.54 Å². The molecule has 0 spiro atoms. The number of ether oxygens (including phenoxy) is 1. The summed E-state index contributed by atoms with van der Waals surface area (Å²) in [6.07, 6.45) is 19.9. The molecule has 0 aliphatic heterocycles. The van der Waals surface area contributed by atoms with Crippen LogP contribution < -0.4 is 5.32 Å². The summed E-state index contributed by atoms with van der Waals surface area (Å²) < 4.78 is 5.32. The number of hydrogen-bond acceptors (Lipinski definition) is 4. The maximum Gasteiger partial charge on any atom is 0.396 e. The number of allylic oxidation sites excluding steroid dienone is 1. The molecule has 0 aromatic carbocycles. The molecule has 1 amide bonds. The highest BCUT2D eigenvalue weighted by molar-refractivity contribution is 6.32. The zero-order chi connectivity index (χ0) is 28.9. The second-order valence-corrected chi connectivity index (χ2v) is 14.8. The zero-order valence-electron chi connectivity index (χ0n) is 26.3. The number of aliphatic hydroxyl groups is 1. The summed E-state index contributed by atoms with van der Waals surface area (Å²) in [5.41, 5.74) is 2.35. The van der Waals surface area contributed by atoms with Crippen LogP contribution in [0.4, 0.5) is 0 Å². The monoisotopic (exact) mass is 557 g/mol. The molecule has 5 heteroatoms. The van der Waals surface area contributed by atoms with Crippen LogP contribution in [0.3, 0.4) is 0 Å². The van der Waals surface area contributed by atoms with Gasteiger partial charge in [0.2, 0.25) is 0 Å². The van der Waals surface area contributed by atoms with Gasteiger partial charge in [0.05, 0.1) is 12.7 Å². The first-order valence-electron chi connectivity index (χ1n) is 16.9. The third-order valence-corrected chi connectivity index (χ3v) is 12.2. The number of esters is 1. The normalized spacial score (nSPS) is 36.5. The third-order valence-electron chi connectivity index (χ3n) is 12.2. The van der Waals surface area contributed by atoms with E-state index in [-0.39, 0.29) is 12.0 Å². The van der Waals surface area contributed by atoms with Crippen LogP contribution in [0.5, 0.6) is 0 Å². The molecule has 5 nitrogen and oxygen atoms in total. The van der Waals surface area contributed by atoms with Crippen molar-refractivity contribution in [2.45, 2.75) is 137 Å². The number of aliphatic hydroxyl groups excluding tert-OH is 1. The van der Waals surface area contributed by atoms with Gasteiger partial charge >= 0.3 is 11.9 Å². The number of carbonyl (C=O) groups excluding carboxylic acids is 2. The molecular weight excluding hydrogens is 498 g/mol. The lowest BCUT2D eigenvalue weighted by Crippen LogP contribution is -2.50. The van der Waals surface area contributed by atoms with Gasteiger partial charge in [0.1, 0.15) is 0 Å². The van der Waals surface area contributed by atoms with Gasteiger partial charge in [-0.05, 0) is 111 Å². The van der Waals surface area contributed by atoms with Crippen LogP contribution >= 0.6 is 0 Å². The van der Waals surface area contributed by atoms with Gasteiger partial charge < -0.3 is 15.2 Å². The van der Waals surface area contributed by atoms with Gasteiger partial charge in [0.15, 0.2) is 0 Å². The Morgan fingerprint density at radius 2 is 1.82 bits per heavy atom. The summed E-state index contributed by atoms with van der Waals surface area (Å²) in [5, 5.41) is 13.0. The molecule has 0 aromatic rings. The Bertz CT molecular complexity index is 900. The first-order valence-corrected chi connectivity index (χ1v) is 16.9. The molecule has 4 aliphatic carbocycles. The summed E-state index contributed by atoms with van der Waals surface area (Å²) in [7, 11) is 0. The van der Waals surface area contributed by atoms with Crippen molar-refractivity contribution in [1.29, 1.82) is 0 Å². The van der Waals surface area contributed by atoms with E-state index in [9.17, 15) is 14.7 Å². The van der Waals surface area contributed by atoms with E-state index in [1.54, 1.807) is 5.57 Å². The molecule has 0 bridgehead atoms. The molecule has 4 rings (SSSR count). The quantitative estimate of drug-likeness (QED) is 0.112. The molecule has 3 fully saturated rings. The highest BCUT2D eigenvalue weighted by Gasteiger charge is 2.59. The van der Waals surface area contributed by atoms with Crippen molar-refractivity contribution in [3.8, 4) is 0 Å². The number of hydrogen-bond donors (Lipinski definition) is 2. The van der Waals surface area contributed by atoms with Crippen molar-refractivity contribution < 1.29 is 19.4 Å². The number of nitrogens with one attached hydrogen (secondary N) is 1. The number of amides is 1. The van der Waals surface area contributed by atoms with Crippen LogP contribution in [-0.2, 0) is 14.3 Å². The van der Waals surface area contributed by atoms with Crippen molar-refractivity contribution in [2.75, 3.05) is 13.2 Å². The number of fused-ring (bicyclic) bond motifs is 5. The van der Waals surface area contributed by atoms with E-state index in [0.717, 1.165) is 81.0 Å². The molecule has 0 heterocycles. The lowest BCUT2D eigenvalue weighted by molar-refractivity contribution is -0.155. The molecule has 2 unspecified atom stereocenters. The maximum atomic E-state index is 12.1. The van der Waals surface area contributed by atoms with Crippen molar-refractivity contribution in [3.63, 3.8) is 0 Å². The average molecular weight is 558 g/mol. The molecule has 0 radical (unpaired) electrons. The third kappa shape index (κ3) is 6.81. The largest absolute Gasteiger partial charge is 0.458 e.